The molecule has 0 aliphatic carbocycles. The number of halogens is 1. The highest BCUT2D eigenvalue weighted by molar-refractivity contribution is 6.35. The zero-order valence-corrected chi connectivity index (χ0v) is 13.5. The van der Waals surface area contributed by atoms with E-state index in [1.165, 1.54) is 6.92 Å². The molecule has 0 bridgehead atoms. The average Bonchev–Trinajstić information content (AvgIpc) is 2.56. The molecule has 0 unspecified atom stereocenters. The Bertz CT molecular complexity index is 880. The molecule has 0 saturated carbocycles. The average molecular weight is 344 g/mol. The number of aromatic nitrogens is 1. The van der Waals surface area contributed by atoms with Gasteiger partial charge >= 0.3 is 5.97 Å². The number of aliphatic carboxylic acids is 1. The lowest BCUT2D eigenvalue weighted by atomic mass is 10.2. The second-order valence-corrected chi connectivity index (χ2v) is 5.53. The van der Waals surface area contributed by atoms with Gasteiger partial charge in [0.15, 0.2) is 6.10 Å². The van der Waals surface area contributed by atoms with E-state index in [4.69, 9.17) is 26.2 Å². The summed E-state index contributed by atoms with van der Waals surface area (Å²) in [4.78, 5) is 15.2. The van der Waals surface area contributed by atoms with Crippen LogP contribution in [0, 0.1) is 0 Å². The van der Waals surface area contributed by atoms with Crippen LogP contribution in [-0.2, 0) is 4.79 Å². The molecule has 1 atom stereocenters. The summed E-state index contributed by atoms with van der Waals surface area (Å²) in [6.45, 7) is 1.47. The van der Waals surface area contributed by atoms with Crippen molar-refractivity contribution in [2.45, 2.75) is 13.0 Å². The number of hydrogen-bond donors (Lipinski definition) is 1. The molecule has 0 aliphatic heterocycles. The van der Waals surface area contributed by atoms with Gasteiger partial charge in [0.05, 0.1) is 5.52 Å². The third-order valence-electron chi connectivity index (χ3n) is 3.36. The van der Waals surface area contributed by atoms with Gasteiger partial charge in [-0.1, -0.05) is 17.7 Å². The SMILES string of the molecule is C[C@@H](Oc1ccc(Oc2ccc3c(Cl)cccc3n2)cc1)C(=O)O. The summed E-state index contributed by atoms with van der Waals surface area (Å²) in [6, 6.07) is 15.8. The molecule has 1 heterocycles. The molecule has 122 valence electrons. The predicted molar refractivity (Wildman–Crippen MR) is 91.0 cm³/mol. The highest BCUT2D eigenvalue weighted by atomic mass is 35.5. The maximum Gasteiger partial charge on any atom is 0.344 e. The number of hydrogen-bond acceptors (Lipinski definition) is 4. The van der Waals surface area contributed by atoms with Crippen molar-refractivity contribution < 1.29 is 19.4 Å². The van der Waals surface area contributed by atoms with Gasteiger partial charge in [0.1, 0.15) is 11.5 Å². The van der Waals surface area contributed by atoms with Gasteiger partial charge in [-0.15, -0.1) is 0 Å². The van der Waals surface area contributed by atoms with Gasteiger partial charge in [0, 0.05) is 16.5 Å². The van der Waals surface area contributed by atoms with Crippen molar-refractivity contribution in [2.24, 2.45) is 0 Å². The van der Waals surface area contributed by atoms with E-state index < -0.39 is 12.1 Å². The summed E-state index contributed by atoms with van der Waals surface area (Å²) in [6.07, 6.45) is -0.913. The zero-order chi connectivity index (χ0) is 17.1. The normalized spacial score (nSPS) is 11.9. The summed E-state index contributed by atoms with van der Waals surface area (Å²) in [5.74, 6) is 0.446. The Labute approximate surface area is 143 Å². The van der Waals surface area contributed by atoms with Crippen LogP contribution in [0.2, 0.25) is 5.02 Å². The topological polar surface area (TPSA) is 68.7 Å². The summed E-state index contributed by atoms with van der Waals surface area (Å²) >= 11 is 6.11. The molecule has 24 heavy (non-hydrogen) atoms. The van der Waals surface area contributed by atoms with Crippen LogP contribution in [0.1, 0.15) is 6.92 Å². The first-order chi connectivity index (χ1) is 11.5. The number of nitrogens with zero attached hydrogens (tertiary/aromatic N) is 1. The molecular formula is C18H14ClNO4. The number of carboxylic acid groups (broad SMARTS) is 1. The first-order valence-electron chi connectivity index (χ1n) is 7.25. The van der Waals surface area contributed by atoms with Crippen molar-refractivity contribution in [3.05, 3.63) is 59.6 Å². The number of pyridine rings is 1. The Morgan fingerprint density at radius 2 is 1.79 bits per heavy atom. The van der Waals surface area contributed by atoms with E-state index in [-0.39, 0.29) is 0 Å². The highest BCUT2D eigenvalue weighted by Crippen LogP contribution is 2.27. The van der Waals surface area contributed by atoms with Crippen LogP contribution in [0.5, 0.6) is 17.4 Å². The summed E-state index contributed by atoms with van der Waals surface area (Å²) in [5, 5.41) is 10.3. The molecule has 0 amide bonds. The Balaban J connectivity index is 1.75. The first-order valence-corrected chi connectivity index (χ1v) is 7.63. The highest BCUT2D eigenvalue weighted by Gasteiger charge is 2.12. The predicted octanol–water partition coefficient (Wildman–Crippen LogP) is 4.53. The van der Waals surface area contributed by atoms with Crippen molar-refractivity contribution in [3.8, 4) is 17.4 Å². The van der Waals surface area contributed by atoms with Crippen LogP contribution in [0.4, 0.5) is 0 Å². The number of fused-ring (bicyclic) bond motifs is 1. The smallest absolute Gasteiger partial charge is 0.344 e. The van der Waals surface area contributed by atoms with Crippen molar-refractivity contribution in [3.63, 3.8) is 0 Å². The summed E-state index contributed by atoms with van der Waals surface area (Å²) < 4.78 is 11.0. The summed E-state index contributed by atoms with van der Waals surface area (Å²) in [7, 11) is 0. The Hall–Kier alpha value is -2.79. The van der Waals surface area contributed by atoms with Crippen molar-refractivity contribution in [1.29, 1.82) is 0 Å². The van der Waals surface area contributed by atoms with Gasteiger partial charge in [-0.3, -0.25) is 0 Å². The number of ether oxygens (including phenoxy) is 2. The molecule has 0 aliphatic rings. The monoisotopic (exact) mass is 343 g/mol. The van der Waals surface area contributed by atoms with Gasteiger partial charge in [-0.05, 0) is 49.4 Å². The molecule has 0 saturated heterocycles. The molecule has 0 radical (unpaired) electrons. The van der Waals surface area contributed by atoms with E-state index in [2.05, 4.69) is 4.98 Å². The van der Waals surface area contributed by atoms with Crippen molar-refractivity contribution in [1.82, 2.24) is 4.98 Å². The second-order valence-electron chi connectivity index (χ2n) is 5.13. The van der Waals surface area contributed by atoms with Crippen LogP contribution in [0.25, 0.3) is 10.9 Å². The molecule has 0 fully saturated rings. The molecule has 3 aromatic rings. The van der Waals surface area contributed by atoms with Crippen LogP contribution in [-0.4, -0.2) is 22.2 Å². The standard InChI is InChI=1S/C18H14ClNO4/c1-11(18(21)22)23-12-5-7-13(8-6-12)24-17-10-9-14-15(19)3-2-4-16(14)20-17/h2-11H,1H3,(H,21,22)/t11-/m1/s1. The number of carbonyl (C=O) groups is 1. The van der Waals surface area contributed by atoms with Crippen LogP contribution in [0.15, 0.2) is 54.6 Å². The van der Waals surface area contributed by atoms with Gasteiger partial charge < -0.3 is 14.6 Å². The van der Waals surface area contributed by atoms with Gasteiger partial charge in [0.25, 0.3) is 0 Å². The van der Waals surface area contributed by atoms with Gasteiger partial charge in [-0.2, -0.15) is 0 Å². The first kappa shape index (κ1) is 16.1. The maximum absolute atomic E-state index is 10.8. The lowest BCUT2D eigenvalue weighted by Crippen LogP contribution is -2.22. The Morgan fingerprint density at radius 3 is 2.50 bits per heavy atom. The quantitative estimate of drug-likeness (QED) is 0.737. The van der Waals surface area contributed by atoms with Gasteiger partial charge in [0.2, 0.25) is 5.88 Å². The minimum absolute atomic E-state index is 0.442. The second kappa shape index (κ2) is 6.76. The van der Waals surface area contributed by atoms with E-state index in [0.29, 0.717) is 22.4 Å². The molecular weight excluding hydrogens is 330 g/mol. The fourth-order valence-electron chi connectivity index (χ4n) is 2.12. The van der Waals surface area contributed by atoms with Gasteiger partial charge in [-0.25, -0.2) is 9.78 Å². The number of carboxylic acids is 1. The van der Waals surface area contributed by atoms with Crippen LogP contribution < -0.4 is 9.47 Å². The van der Waals surface area contributed by atoms with Crippen LogP contribution >= 0.6 is 11.6 Å². The van der Waals surface area contributed by atoms with Crippen molar-refractivity contribution >= 4 is 28.5 Å². The lowest BCUT2D eigenvalue weighted by Gasteiger charge is -2.11. The van der Waals surface area contributed by atoms with Crippen LogP contribution in [0.3, 0.4) is 0 Å². The van der Waals surface area contributed by atoms with E-state index in [1.54, 1.807) is 30.3 Å². The summed E-state index contributed by atoms with van der Waals surface area (Å²) in [5.41, 5.74) is 0.746. The molecule has 0 spiro atoms. The fraction of sp³-hybridized carbons (Fsp3) is 0.111. The van der Waals surface area contributed by atoms with Crippen molar-refractivity contribution in [2.75, 3.05) is 0 Å². The minimum atomic E-state index is -1.02. The molecule has 6 heteroatoms. The molecule has 1 aromatic heterocycles. The van der Waals surface area contributed by atoms with E-state index >= 15 is 0 Å². The minimum Gasteiger partial charge on any atom is -0.479 e. The fourth-order valence-corrected chi connectivity index (χ4v) is 2.35. The molecule has 2 aromatic carbocycles. The van der Waals surface area contributed by atoms with E-state index in [9.17, 15) is 4.79 Å². The van der Waals surface area contributed by atoms with E-state index in [0.717, 1.165) is 10.9 Å². The largest absolute Gasteiger partial charge is 0.479 e. The number of rotatable bonds is 5. The maximum atomic E-state index is 10.8. The Morgan fingerprint density at radius 1 is 1.08 bits per heavy atom. The molecule has 3 rings (SSSR count). The third-order valence-corrected chi connectivity index (χ3v) is 3.69. The lowest BCUT2D eigenvalue weighted by molar-refractivity contribution is -0.144. The number of benzene rings is 2. The van der Waals surface area contributed by atoms with E-state index in [1.807, 2.05) is 24.3 Å². The molecule has 1 N–H and O–H groups in total. The third kappa shape index (κ3) is 3.58. The zero-order valence-electron chi connectivity index (χ0n) is 12.8. The molecule has 5 nitrogen and oxygen atoms in total. The Kier molecular flexibility index (Phi) is 4.53.